The monoisotopic (exact) mass is 412 g/mol. The smallest absolute Gasteiger partial charge is 0.326 e. The van der Waals surface area contributed by atoms with E-state index in [1.165, 1.54) is 11.8 Å². The summed E-state index contributed by atoms with van der Waals surface area (Å²) in [6.45, 7) is 9.43. The molecule has 1 saturated heterocycles. The van der Waals surface area contributed by atoms with Crippen LogP contribution in [-0.4, -0.2) is 64.4 Å². The van der Waals surface area contributed by atoms with Crippen LogP contribution in [0.5, 0.6) is 0 Å². The Bertz CT molecular complexity index is 612. The van der Waals surface area contributed by atoms with Gasteiger partial charge < -0.3 is 26.4 Å². The van der Waals surface area contributed by atoms with Crippen LogP contribution in [0.3, 0.4) is 0 Å². The average molecular weight is 413 g/mol. The average Bonchev–Trinajstić information content (AvgIpc) is 3.19. The maximum atomic E-state index is 12.8. The van der Waals surface area contributed by atoms with E-state index in [9.17, 15) is 24.3 Å². The summed E-state index contributed by atoms with van der Waals surface area (Å²) >= 11 is 0. The van der Waals surface area contributed by atoms with E-state index in [0.717, 1.165) is 6.42 Å². The van der Waals surface area contributed by atoms with Crippen molar-refractivity contribution >= 4 is 23.7 Å². The second-order valence-corrected chi connectivity index (χ2v) is 8.04. The summed E-state index contributed by atoms with van der Waals surface area (Å²) in [6, 6.07) is -3.30. The molecule has 9 heteroatoms. The molecule has 9 nitrogen and oxygen atoms in total. The van der Waals surface area contributed by atoms with E-state index >= 15 is 0 Å². The molecule has 0 aromatic rings. The SMILES string of the molecule is CCC(C)C(N)C(=O)NC(C(=O)NC(C)C(=O)N1CCCC1C(=O)O)C(C)CC. The zero-order valence-corrected chi connectivity index (χ0v) is 18.1. The van der Waals surface area contributed by atoms with E-state index in [-0.39, 0.29) is 11.8 Å². The van der Waals surface area contributed by atoms with Crippen molar-refractivity contribution in [2.24, 2.45) is 17.6 Å². The highest BCUT2D eigenvalue weighted by Gasteiger charge is 2.37. The van der Waals surface area contributed by atoms with Crippen LogP contribution in [-0.2, 0) is 19.2 Å². The number of nitrogens with zero attached hydrogens (tertiary/aromatic N) is 1. The van der Waals surface area contributed by atoms with Crippen molar-refractivity contribution < 1.29 is 24.3 Å². The predicted octanol–water partition coefficient (Wildman–Crippen LogP) is 0.471. The van der Waals surface area contributed by atoms with Crippen LogP contribution in [0.1, 0.15) is 60.3 Å². The predicted molar refractivity (Wildman–Crippen MR) is 109 cm³/mol. The fraction of sp³-hybridized carbons (Fsp3) is 0.800. The van der Waals surface area contributed by atoms with Crippen molar-refractivity contribution in [1.82, 2.24) is 15.5 Å². The normalized spacial score (nSPS) is 21.6. The highest BCUT2D eigenvalue weighted by molar-refractivity contribution is 5.94. The third kappa shape index (κ3) is 6.42. The van der Waals surface area contributed by atoms with Crippen LogP contribution in [0.25, 0.3) is 0 Å². The third-order valence-corrected chi connectivity index (χ3v) is 5.90. The summed E-state index contributed by atoms with van der Waals surface area (Å²) in [7, 11) is 0. The van der Waals surface area contributed by atoms with Gasteiger partial charge in [-0.05, 0) is 31.6 Å². The summed E-state index contributed by atoms with van der Waals surface area (Å²) in [5, 5.41) is 14.6. The summed E-state index contributed by atoms with van der Waals surface area (Å²) in [5.74, 6) is -2.55. The summed E-state index contributed by atoms with van der Waals surface area (Å²) in [6.07, 6.45) is 2.40. The summed E-state index contributed by atoms with van der Waals surface area (Å²) in [5.41, 5.74) is 5.98. The number of nitrogens with one attached hydrogen (secondary N) is 2. The molecule has 0 bridgehead atoms. The minimum Gasteiger partial charge on any atom is -0.480 e. The van der Waals surface area contributed by atoms with E-state index < -0.39 is 47.9 Å². The lowest BCUT2D eigenvalue weighted by Gasteiger charge is -2.29. The van der Waals surface area contributed by atoms with Crippen molar-refractivity contribution in [3.8, 4) is 0 Å². The fourth-order valence-electron chi connectivity index (χ4n) is 3.36. The summed E-state index contributed by atoms with van der Waals surface area (Å²) < 4.78 is 0. The zero-order chi connectivity index (χ0) is 22.3. The highest BCUT2D eigenvalue weighted by atomic mass is 16.4. The molecule has 6 atom stereocenters. The van der Waals surface area contributed by atoms with Crippen molar-refractivity contribution in [2.75, 3.05) is 6.54 Å². The van der Waals surface area contributed by atoms with E-state index in [4.69, 9.17) is 5.73 Å². The van der Waals surface area contributed by atoms with Crippen molar-refractivity contribution in [3.63, 3.8) is 0 Å². The molecule has 1 aliphatic rings. The van der Waals surface area contributed by atoms with Gasteiger partial charge in [-0.3, -0.25) is 14.4 Å². The molecule has 3 amide bonds. The zero-order valence-electron chi connectivity index (χ0n) is 18.1. The maximum Gasteiger partial charge on any atom is 0.326 e. The van der Waals surface area contributed by atoms with Gasteiger partial charge in [0.25, 0.3) is 0 Å². The van der Waals surface area contributed by atoms with Crippen LogP contribution in [0, 0.1) is 11.8 Å². The van der Waals surface area contributed by atoms with Crippen molar-refractivity contribution in [2.45, 2.75) is 84.5 Å². The minimum atomic E-state index is -1.04. The van der Waals surface area contributed by atoms with Crippen LogP contribution < -0.4 is 16.4 Å². The Labute approximate surface area is 172 Å². The van der Waals surface area contributed by atoms with Crippen LogP contribution in [0.2, 0.25) is 0 Å². The standard InChI is InChI=1S/C20H36N4O5/c1-6-11(3)15(21)17(25)23-16(12(4)7-2)18(26)22-13(5)19(27)24-10-8-9-14(24)20(28)29/h11-16H,6-10,21H2,1-5H3,(H,22,26)(H,23,25)(H,28,29). The van der Waals surface area contributed by atoms with Crippen LogP contribution >= 0.6 is 0 Å². The highest BCUT2D eigenvalue weighted by Crippen LogP contribution is 2.19. The van der Waals surface area contributed by atoms with Crippen molar-refractivity contribution in [1.29, 1.82) is 0 Å². The second-order valence-electron chi connectivity index (χ2n) is 8.04. The van der Waals surface area contributed by atoms with Gasteiger partial charge in [-0.1, -0.05) is 40.5 Å². The van der Waals surface area contributed by atoms with E-state index in [1.54, 1.807) is 0 Å². The lowest BCUT2D eigenvalue weighted by molar-refractivity contribution is -0.149. The number of carbonyl (C=O) groups excluding carboxylic acids is 3. The molecule has 0 aromatic heterocycles. The Hall–Kier alpha value is -2.16. The Balaban J connectivity index is 2.83. The lowest BCUT2D eigenvalue weighted by atomic mass is 9.95. The number of aliphatic carboxylic acids is 1. The van der Waals surface area contributed by atoms with E-state index in [2.05, 4.69) is 10.6 Å². The van der Waals surface area contributed by atoms with Gasteiger partial charge in [0.2, 0.25) is 17.7 Å². The molecule has 0 aliphatic carbocycles. The van der Waals surface area contributed by atoms with Crippen molar-refractivity contribution in [3.05, 3.63) is 0 Å². The number of carboxylic acids is 1. The first-order chi connectivity index (χ1) is 13.5. The van der Waals surface area contributed by atoms with Crippen LogP contribution in [0.15, 0.2) is 0 Å². The number of rotatable bonds is 10. The van der Waals surface area contributed by atoms with Crippen LogP contribution in [0.4, 0.5) is 0 Å². The topological polar surface area (TPSA) is 142 Å². The molecule has 1 rings (SSSR count). The first-order valence-electron chi connectivity index (χ1n) is 10.4. The molecular weight excluding hydrogens is 376 g/mol. The van der Waals surface area contributed by atoms with Gasteiger partial charge in [-0.15, -0.1) is 0 Å². The maximum absolute atomic E-state index is 12.8. The van der Waals surface area contributed by atoms with Gasteiger partial charge in [-0.2, -0.15) is 0 Å². The molecule has 0 saturated carbocycles. The molecule has 0 aromatic carbocycles. The largest absolute Gasteiger partial charge is 0.480 e. The minimum absolute atomic E-state index is 0.0285. The van der Waals surface area contributed by atoms with Gasteiger partial charge in [-0.25, -0.2) is 4.79 Å². The Kier molecular flexibility index (Phi) is 9.55. The molecule has 29 heavy (non-hydrogen) atoms. The van der Waals surface area contributed by atoms with Gasteiger partial charge in [0, 0.05) is 6.54 Å². The Morgan fingerprint density at radius 1 is 1.03 bits per heavy atom. The van der Waals surface area contributed by atoms with E-state index in [0.29, 0.717) is 25.8 Å². The van der Waals surface area contributed by atoms with E-state index in [1.807, 2.05) is 27.7 Å². The number of likely N-dealkylation sites (tertiary alicyclic amines) is 1. The first-order valence-corrected chi connectivity index (χ1v) is 10.4. The molecule has 6 unspecified atom stereocenters. The second kappa shape index (κ2) is 11.1. The first kappa shape index (κ1) is 24.9. The molecule has 1 fully saturated rings. The van der Waals surface area contributed by atoms with Gasteiger partial charge in [0.15, 0.2) is 0 Å². The summed E-state index contributed by atoms with van der Waals surface area (Å²) in [4.78, 5) is 50.6. The Morgan fingerprint density at radius 3 is 2.14 bits per heavy atom. The number of amides is 3. The van der Waals surface area contributed by atoms with Gasteiger partial charge in [0.05, 0.1) is 6.04 Å². The van der Waals surface area contributed by atoms with Gasteiger partial charge in [0.1, 0.15) is 18.1 Å². The number of hydrogen-bond donors (Lipinski definition) is 4. The third-order valence-electron chi connectivity index (χ3n) is 5.90. The molecule has 0 radical (unpaired) electrons. The molecule has 1 heterocycles. The molecular formula is C20H36N4O5. The molecule has 5 N–H and O–H groups in total. The quantitative estimate of drug-likeness (QED) is 0.411. The fourth-order valence-corrected chi connectivity index (χ4v) is 3.36. The number of nitrogens with two attached hydrogens (primary N) is 1. The number of carbonyl (C=O) groups is 4. The van der Waals surface area contributed by atoms with Gasteiger partial charge >= 0.3 is 5.97 Å². The lowest BCUT2D eigenvalue weighted by Crippen LogP contribution is -2.58. The molecule has 166 valence electrons. The number of carboxylic acid groups (broad SMARTS) is 1. The Morgan fingerprint density at radius 2 is 1.62 bits per heavy atom. The number of hydrogen-bond acceptors (Lipinski definition) is 5. The molecule has 0 spiro atoms. The molecule has 1 aliphatic heterocycles.